The summed E-state index contributed by atoms with van der Waals surface area (Å²) in [5, 5.41) is 0. The van der Waals surface area contributed by atoms with Gasteiger partial charge in [-0.1, -0.05) is 60.7 Å². The monoisotopic (exact) mass is 335 g/mol. The fourth-order valence-electron chi connectivity index (χ4n) is 4.22. The van der Waals surface area contributed by atoms with E-state index in [-0.39, 0.29) is 0 Å². The predicted octanol–water partition coefficient (Wildman–Crippen LogP) is 3.10. The van der Waals surface area contributed by atoms with Gasteiger partial charge in [0.1, 0.15) is 0 Å². The molecule has 0 spiro atoms. The summed E-state index contributed by atoms with van der Waals surface area (Å²) in [6.45, 7) is 8.30. The van der Waals surface area contributed by atoms with Crippen molar-refractivity contribution >= 4 is 0 Å². The zero-order valence-corrected chi connectivity index (χ0v) is 15.4. The van der Waals surface area contributed by atoms with Crippen molar-refractivity contribution in [1.29, 1.82) is 0 Å². The first-order chi connectivity index (χ1) is 12.2. The van der Waals surface area contributed by atoms with Crippen LogP contribution in [0, 0.1) is 0 Å². The normalized spacial score (nSPS) is 23.7. The van der Waals surface area contributed by atoms with E-state index in [0.717, 1.165) is 0 Å². The molecule has 2 fully saturated rings. The molecule has 2 aliphatic heterocycles. The summed E-state index contributed by atoms with van der Waals surface area (Å²) >= 11 is 0. The molecule has 2 aromatic carbocycles. The molecule has 0 unspecified atom stereocenters. The van der Waals surface area contributed by atoms with Gasteiger partial charge in [0.25, 0.3) is 0 Å². The molecule has 0 amide bonds. The van der Waals surface area contributed by atoms with E-state index in [1.54, 1.807) is 0 Å². The molecular formula is C22H29N3. The van der Waals surface area contributed by atoms with Crippen molar-refractivity contribution in [1.82, 2.24) is 14.7 Å². The lowest BCUT2D eigenvalue weighted by molar-refractivity contribution is -0.0190. The Morgan fingerprint density at radius 1 is 0.800 bits per heavy atom. The Bertz CT molecular complexity index is 627. The van der Waals surface area contributed by atoms with E-state index < -0.39 is 0 Å². The summed E-state index contributed by atoms with van der Waals surface area (Å²) in [5.41, 5.74) is 2.80. The molecule has 0 saturated carbocycles. The third-order valence-corrected chi connectivity index (χ3v) is 5.99. The third-order valence-electron chi connectivity index (χ3n) is 5.99. The molecule has 4 rings (SSSR count). The quantitative estimate of drug-likeness (QED) is 0.850. The molecule has 0 radical (unpaired) electrons. The Hall–Kier alpha value is -1.68. The summed E-state index contributed by atoms with van der Waals surface area (Å²) in [7, 11) is 2.25. The Balaban J connectivity index is 1.48. The van der Waals surface area contributed by atoms with Gasteiger partial charge in [-0.2, -0.15) is 0 Å². The van der Waals surface area contributed by atoms with E-state index in [2.05, 4.69) is 89.3 Å². The lowest BCUT2D eigenvalue weighted by atomic mass is 9.92. The zero-order valence-electron chi connectivity index (χ0n) is 15.4. The van der Waals surface area contributed by atoms with E-state index in [9.17, 15) is 0 Å². The van der Waals surface area contributed by atoms with Gasteiger partial charge in [0.15, 0.2) is 0 Å². The van der Waals surface area contributed by atoms with Crippen LogP contribution in [-0.4, -0.2) is 66.6 Å². The molecule has 0 aliphatic carbocycles. The highest BCUT2D eigenvalue weighted by molar-refractivity contribution is 5.32. The van der Waals surface area contributed by atoms with Crippen molar-refractivity contribution in [3.63, 3.8) is 0 Å². The zero-order chi connectivity index (χ0) is 17.2. The van der Waals surface area contributed by atoms with Gasteiger partial charge in [0, 0.05) is 44.8 Å². The minimum atomic E-state index is 0.378. The third kappa shape index (κ3) is 3.50. The summed E-state index contributed by atoms with van der Waals surface area (Å²) in [6, 6.07) is 23.7. The first-order valence-electron chi connectivity index (χ1n) is 9.50. The maximum atomic E-state index is 2.70. The molecule has 2 heterocycles. The average Bonchev–Trinajstić information content (AvgIpc) is 2.62. The van der Waals surface area contributed by atoms with Gasteiger partial charge in [-0.25, -0.2) is 0 Å². The van der Waals surface area contributed by atoms with Gasteiger partial charge < -0.3 is 4.90 Å². The van der Waals surface area contributed by atoms with Crippen molar-refractivity contribution in [3.8, 4) is 0 Å². The minimum Gasteiger partial charge on any atom is -0.301 e. The van der Waals surface area contributed by atoms with Crippen LogP contribution in [0.5, 0.6) is 0 Å². The van der Waals surface area contributed by atoms with Crippen molar-refractivity contribution in [2.45, 2.75) is 25.0 Å². The number of likely N-dealkylation sites (tertiary alicyclic amines) is 1. The van der Waals surface area contributed by atoms with Crippen LogP contribution in [0.25, 0.3) is 0 Å². The average molecular weight is 335 g/mol. The standard InChI is InChI=1S/C22H29N3/c1-18-15-24(14-13-23(18)2)21-16-25(17-21)22(19-9-5-3-6-10-19)20-11-7-4-8-12-20/h3-12,18,21-22H,13-17H2,1-2H3/t18-/m1/s1. The number of nitrogens with zero attached hydrogens (tertiary/aromatic N) is 3. The highest BCUT2D eigenvalue weighted by atomic mass is 15.4. The van der Waals surface area contributed by atoms with Gasteiger partial charge in [0.2, 0.25) is 0 Å². The van der Waals surface area contributed by atoms with Gasteiger partial charge in [-0.15, -0.1) is 0 Å². The summed E-state index contributed by atoms with van der Waals surface area (Å²) in [5.74, 6) is 0. The summed E-state index contributed by atoms with van der Waals surface area (Å²) in [6.07, 6.45) is 0. The number of hydrogen-bond acceptors (Lipinski definition) is 3. The molecule has 0 N–H and O–H groups in total. The number of likely N-dealkylation sites (N-methyl/N-ethyl adjacent to an activating group) is 1. The Morgan fingerprint density at radius 2 is 1.36 bits per heavy atom. The second-order valence-electron chi connectivity index (χ2n) is 7.66. The van der Waals surface area contributed by atoms with Crippen LogP contribution in [0.15, 0.2) is 60.7 Å². The van der Waals surface area contributed by atoms with E-state index in [1.165, 1.54) is 43.9 Å². The van der Waals surface area contributed by atoms with Gasteiger partial charge in [-0.3, -0.25) is 9.80 Å². The number of piperazine rings is 1. The van der Waals surface area contributed by atoms with Crippen LogP contribution < -0.4 is 0 Å². The van der Waals surface area contributed by atoms with E-state index >= 15 is 0 Å². The molecule has 2 saturated heterocycles. The highest BCUT2D eigenvalue weighted by Crippen LogP contribution is 2.33. The summed E-state index contributed by atoms with van der Waals surface area (Å²) in [4.78, 5) is 7.82. The molecule has 2 aliphatic rings. The molecule has 0 bridgehead atoms. The van der Waals surface area contributed by atoms with Gasteiger partial charge >= 0.3 is 0 Å². The molecule has 3 nitrogen and oxygen atoms in total. The molecule has 1 atom stereocenters. The molecule has 25 heavy (non-hydrogen) atoms. The lowest BCUT2D eigenvalue weighted by Gasteiger charge is -2.52. The van der Waals surface area contributed by atoms with Crippen molar-refractivity contribution < 1.29 is 0 Å². The van der Waals surface area contributed by atoms with Crippen LogP contribution in [0.3, 0.4) is 0 Å². The fraction of sp³-hybridized carbons (Fsp3) is 0.455. The van der Waals surface area contributed by atoms with Crippen molar-refractivity contribution in [2.75, 3.05) is 39.8 Å². The summed E-state index contributed by atoms with van der Waals surface area (Å²) < 4.78 is 0. The maximum Gasteiger partial charge on any atom is 0.0602 e. The van der Waals surface area contributed by atoms with Crippen LogP contribution >= 0.6 is 0 Å². The van der Waals surface area contributed by atoms with E-state index in [1.807, 2.05) is 0 Å². The topological polar surface area (TPSA) is 9.72 Å². The van der Waals surface area contributed by atoms with Crippen molar-refractivity contribution in [2.24, 2.45) is 0 Å². The smallest absolute Gasteiger partial charge is 0.0602 e. The van der Waals surface area contributed by atoms with Crippen LogP contribution in [0.1, 0.15) is 24.1 Å². The molecule has 3 heteroatoms. The highest BCUT2D eigenvalue weighted by Gasteiger charge is 2.38. The predicted molar refractivity (Wildman–Crippen MR) is 104 cm³/mol. The lowest BCUT2D eigenvalue weighted by Crippen LogP contribution is -2.64. The molecule has 132 valence electrons. The molecular weight excluding hydrogens is 306 g/mol. The van der Waals surface area contributed by atoms with E-state index in [0.29, 0.717) is 18.1 Å². The second-order valence-corrected chi connectivity index (χ2v) is 7.66. The SMILES string of the molecule is C[C@@H]1CN(C2CN(C(c3ccccc3)c3ccccc3)C2)CCN1C. The number of rotatable bonds is 4. The molecule has 2 aromatic rings. The Kier molecular flexibility index (Phi) is 4.89. The van der Waals surface area contributed by atoms with E-state index in [4.69, 9.17) is 0 Å². The largest absolute Gasteiger partial charge is 0.301 e. The Labute approximate surface area is 151 Å². The number of hydrogen-bond donors (Lipinski definition) is 0. The maximum absolute atomic E-state index is 2.70. The number of benzene rings is 2. The minimum absolute atomic E-state index is 0.378. The fourth-order valence-corrected chi connectivity index (χ4v) is 4.22. The van der Waals surface area contributed by atoms with Crippen LogP contribution in [-0.2, 0) is 0 Å². The first kappa shape index (κ1) is 16.8. The van der Waals surface area contributed by atoms with Crippen LogP contribution in [0.2, 0.25) is 0 Å². The Morgan fingerprint density at radius 3 is 1.88 bits per heavy atom. The van der Waals surface area contributed by atoms with Crippen LogP contribution in [0.4, 0.5) is 0 Å². The molecule has 0 aromatic heterocycles. The first-order valence-corrected chi connectivity index (χ1v) is 9.50. The second kappa shape index (κ2) is 7.28. The van der Waals surface area contributed by atoms with Gasteiger partial charge in [-0.05, 0) is 25.1 Å². The van der Waals surface area contributed by atoms with Gasteiger partial charge in [0.05, 0.1) is 6.04 Å². The van der Waals surface area contributed by atoms with Crippen molar-refractivity contribution in [3.05, 3.63) is 71.8 Å².